The molecule has 1 heterocycles. The molecular weight excluding hydrogens is 167 g/mol. The fourth-order valence-corrected chi connectivity index (χ4v) is 1.45. The van der Waals surface area contributed by atoms with Crippen molar-refractivity contribution in [3.05, 3.63) is 35.8 Å². The Hall–Kier alpha value is -1.35. The zero-order valence-electron chi connectivity index (χ0n) is 7.39. The van der Waals surface area contributed by atoms with Crippen LogP contribution >= 0.6 is 0 Å². The number of benzene rings is 1. The molecule has 3 heteroatoms. The fraction of sp³-hybridized carbons (Fsp3) is 0.200. The standard InChI is InChI=1S/C10H11FN2/c1-12-6-8-4-7-2-3-13-10(7)5-9(8)11/h2-5,12-13H,6H2,1H3. The van der Waals surface area contributed by atoms with E-state index in [9.17, 15) is 4.39 Å². The predicted octanol–water partition coefficient (Wildman–Crippen LogP) is 2.03. The second kappa shape index (κ2) is 3.18. The molecule has 0 unspecified atom stereocenters. The second-order valence-corrected chi connectivity index (χ2v) is 3.04. The molecule has 0 aliphatic carbocycles. The van der Waals surface area contributed by atoms with E-state index in [1.807, 2.05) is 18.3 Å². The summed E-state index contributed by atoms with van der Waals surface area (Å²) in [6, 6.07) is 5.33. The van der Waals surface area contributed by atoms with Gasteiger partial charge in [0.25, 0.3) is 0 Å². The van der Waals surface area contributed by atoms with Gasteiger partial charge in [-0.15, -0.1) is 0 Å². The summed E-state index contributed by atoms with van der Waals surface area (Å²) in [6.07, 6.45) is 1.81. The zero-order valence-corrected chi connectivity index (χ0v) is 7.39. The van der Waals surface area contributed by atoms with Gasteiger partial charge in [0.15, 0.2) is 0 Å². The Bertz CT molecular complexity index is 420. The molecule has 2 aromatic rings. The maximum Gasteiger partial charge on any atom is 0.129 e. The molecule has 0 atom stereocenters. The molecule has 0 aliphatic heterocycles. The highest BCUT2D eigenvalue weighted by molar-refractivity contribution is 5.80. The van der Waals surface area contributed by atoms with Crippen molar-refractivity contribution in [3.8, 4) is 0 Å². The molecule has 0 radical (unpaired) electrons. The summed E-state index contributed by atoms with van der Waals surface area (Å²) in [5.74, 6) is -0.163. The summed E-state index contributed by atoms with van der Waals surface area (Å²) < 4.78 is 13.3. The first-order valence-electron chi connectivity index (χ1n) is 4.21. The van der Waals surface area contributed by atoms with Crippen molar-refractivity contribution >= 4 is 10.9 Å². The SMILES string of the molecule is CNCc1cc2cc[nH]c2cc1F. The molecule has 0 aliphatic rings. The molecule has 2 nitrogen and oxygen atoms in total. The average Bonchev–Trinajstić information content (AvgIpc) is 2.52. The second-order valence-electron chi connectivity index (χ2n) is 3.04. The first-order valence-corrected chi connectivity index (χ1v) is 4.21. The molecule has 0 fully saturated rings. The van der Waals surface area contributed by atoms with E-state index >= 15 is 0 Å². The summed E-state index contributed by atoms with van der Waals surface area (Å²) in [5, 5.41) is 3.98. The van der Waals surface area contributed by atoms with Crippen LogP contribution in [-0.2, 0) is 6.54 Å². The van der Waals surface area contributed by atoms with Crippen molar-refractivity contribution in [1.82, 2.24) is 10.3 Å². The van der Waals surface area contributed by atoms with Crippen LogP contribution in [0.5, 0.6) is 0 Å². The van der Waals surface area contributed by atoms with Gasteiger partial charge in [0.05, 0.1) is 0 Å². The Morgan fingerprint density at radius 1 is 1.46 bits per heavy atom. The van der Waals surface area contributed by atoms with Crippen LogP contribution in [0.25, 0.3) is 10.9 Å². The summed E-state index contributed by atoms with van der Waals surface area (Å²) in [6.45, 7) is 0.562. The van der Waals surface area contributed by atoms with E-state index in [1.165, 1.54) is 6.07 Å². The number of H-pyrrole nitrogens is 1. The first kappa shape index (κ1) is 8.26. The number of aromatic amines is 1. The number of nitrogens with one attached hydrogen (secondary N) is 2. The van der Waals surface area contributed by atoms with E-state index < -0.39 is 0 Å². The Labute approximate surface area is 75.8 Å². The largest absolute Gasteiger partial charge is 0.361 e. The Kier molecular flexibility index (Phi) is 2.02. The van der Waals surface area contributed by atoms with E-state index in [4.69, 9.17) is 0 Å². The van der Waals surface area contributed by atoms with E-state index in [2.05, 4.69) is 10.3 Å². The van der Waals surface area contributed by atoms with Gasteiger partial charge in [-0.2, -0.15) is 0 Å². The summed E-state index contributed by atoms with van der Waals surface area (Å²) in [5.41, 5.74) is 1.55. The smallest absolute Gasteiger partial charge is 0.129 e. The molecule has 0 saturated carbocycles. The van der Waals surface area contributed by atoms with Gasteiger partial charge in [-0.25, -0.2) is 4.39 Å². The minimum atomic E-state index is -0.163. The van der Waals surface area contributed by atoms with Gasteiger partial charge in [-0.05, 0) is 30.6 Å². The molecule has 1 aromatic carbocycles. The molecular formula is C10H11FN2. The summed E-state index contributed by atoms with van der Waals surface area (Å²) in [7, 11) is 1.81. The Balaban J connectivity index is 2.56. The van der Waals surface area contributed by atoms with E-state index in [0.29, 0.717) is 12.1 Å². The van der Waals surface area contributed by atoms with Crippen LogP contribution in [0.2, 0.25) is 0 Å². The number of hydrogen-bond acceptors (Lipinski definition) is 1. The van der Waals surface area contributed by atoms with Crippen LogP contribution < -0.4 is 5.32 Å². The van der Waals surface area contributed by atoms with Crippen molar-refractivity contribution in [2.75, 3.05) is 7.05 Å². The van der Waals surface area contributed by atoms with Gasteiger partial charge in [-0.3, -0.25) is 0 Å². The van der Waals surface area contributed by atoms with Crippen LogP contribution in [-0.4, -0.2) is 12.0 Å². The molecule has 0 amide bonds. The minimum Gasteiger partial charge on any atom is -0.361 e. The molecule has 13 heavy (non-hydrogen) atoms. The van der Waals surface area contributed by atoms with Crippen LogP contribution in [0.15, 0.2) is 24.4 Å². The van der Waals surface area contributed by atoms with Crippen LogP contribution in [0.4, 0.5) is 4.39 Å². The predicted molar refractivity (Wildman–Crippen MR) is 51.0 cm³/mol. The molecule has 0 saturated heterocycles. The van der Waals surface area contributed by atoms with Crippen molar-refractivity contribution in [1.29, 1.82) is 0 Å². The third-order valence-corrected chi connectivity index (χ3v) is 2.09. The number of rotatable bonds is 2. The fourth-order valence-electron chi connectivity index (χ4n) is 1.45. The molecule has 2 N–H and O–H groups in total. The third-order valence-electron chi connectivity index (χ3n) is 2.09. The summed E-state index contributed by atoms with van der Waals surface area (Å²) in [4.78, 5) is 2.97. The lowest BCUT2D eigenvalue weighted by Crippen LogP contribution is -2.06. The lowest BCUT2D eigenvalue weighted by atomic mass is 10.1. The summed E-state index contributed by atoms with van der Waals surface area (Å²) >= 11 is 0. The number of fused-ring (bicyclic) bond motifs is 1. The van der Waals surface area contributed by atoms with Gasteiger partial charge in [0, 0.05) is 23.8 Å². The normalized spacial score (nSPS) is 10.9. The quantitative estimate of drug-likeness (QED) is 0.723. The monoisotopic (exact) mass is 178 g/mol. The third kappa shape index (κ3) is 1.42. The molecule has 0 spiro atoms. The molecule has 2 rings (SSSR count). The highest BCUT2D eigenvalue weighted by Gasteiger charge is 2.03. The Morgan fingerprint density at radius 2 is 2.31 bits per heavy atom. The van der Waals surface area contributed by atoms with E-state index in [1.54, 1.807) is 7.05 Å². The van der Waals surface area contributed by atoms with Crippen LogP contribution in [0.3, 0.4) is 0 Å². The maximum absolute atomic E-state index is 13.3. The topological polar surface area (TPSA) is 27.8 Å². The lowest BCUT2D eigenvalue weighted by Gasteiger charge is -2.01. The van der Waals surface area contributed by atoms with Crippen LogP contribution in [0, 0.1) is 5.82 Å². The average molecular weight is 178 g/mol. The number of aromatic nitrogens is 1. The van der Waals surface area contributed by atoms with Crippen molar-refractivity contribution in [2.45, 2.75) is 6.54 Å². The highest BCUT2D eigenvalue weighted by atomic mass is 19.1. The lowest BCUT2D eigenvalue weighted by molar-refractivity contribution is 0.603. The Morgan fingerprint density at radius 3 is 3.08 bits per heavy atom. The molecule has 0 bridgehead atoms. The highest BCUT2D eigenvalue weighted by Crippen LogP contribution is 2.17. The van der Waals surface area contributed by atoms with Crippen molar-refractivity contribution < 1.29 is 4.39 Å². The maximum atomic E-state index is 13.3. The first-order chi connectivity index (χ1) is 6.31. The minimum absolute atomic E-state index is 0.163. The van der Waals surface area contributed by atoms with Crippen LogP contribution in [0.1, 0.15) is 5.56 Å². The van der Waals surface area contributed by atoms with Crippen molar-refractivity contribution in [3.63, 3.8) is 0 Å². The van der Waals surface area contributed by atoms with Gasteiger partial charge in [0.1, 0.15) is 5.82 Å². The van der Waals surface area contributed by atoms with E-state index in [0.717, 1.165) is 10.9 Å². The zero-order chi connectivity index (χ0) is 9.26. The number of halogens is 1. The van der Waals surface area contributed by atoms with E-state index in [-0.39, 0.29) is 5.82 Å². The van der Waals surface area contributed by atoms with Gasteiger partial charge >= 0.3 is 0 Å². The van der Waals surface area contributed by atoms with Crippen molar-refractivity contribution in [2.24, 2.45) is 0 Å². The van der Waals surface area contributed by atoms with Gasteiger partial charge in [0.2, 0.25) is 0 Å². The van der Waals surface area contributed by atoms with Gasteiger partial charge in [-0.1, -0.05) is 0 Å². The molecule has 68 valence electrons. The van der Waals surface area contributed by atoms with Gasteiger partial charge < -0.3 is 10.3 Å². The molecule has 1 aromatic heterocycles. The number of hydrogen-bond donors (Lipinski definition) is 2.